The summed E-state index contributed by atoms with van der Waals surface area (Å²) in [4.78, 5) is 23.9. The molecule has 2 rings (SSSR count). The van der Waals surface area contributed by atoms with E-state index in [1.165, 1.54) is 6.92 Å². The van der Waals surface area contributed by atoms with E-state index in [0.717, 1.165) is 31.2 Å². The van der Waals surface area contributed by atoms with Crippen LogP contribution in [0.2, 0.25) is 0 Å². The Morgan fingerprint density at radius 1 is 1.10 bits per heavy atom. The highest BCUT2D eigenvalue weighted by molar-refractivity contribution is 5.87. The second kappa shape index (κ2) is 7.25. The normalized spacial score (nSPS) is 18.0. The van der Waals surface area contributed by atoms with E-state index >= 15 is 0 Å². The Morgan fingerprint density at radius 3 is 2.29 bits per heavy atom. The summed E-state index contributed by atoms with van der Waals surface area (Å²) in [5, 5.41) is 5.85. The van der Waals surface area contributed by atoms with Gasteiger partial charge >= 0.3 is 0 Å². The van der Waals surface area contributed by atoms with Crippen molar-refractivity contribution in [3.05, 3.63) is 35.9 Å². The molecular formula is C17H24N2O2. The number of carbonyl (C=O) groups excluding carboxylic acids is 2. The number of carbonyl (C=O) groups is 2. The smallest absolute Gasteiger partial charge is 0.243 e. The summed E-state index contributed by atoms with van der Waals surface area (Å²) in [6.45, 7) is 3.43. The molecule has 0 spiro atoms. The Morgan fingerprint density at radius 2 is 1.71 bits per heavy atom. The number of amides is 2. The molecule has 0 saturated heterocycles. The van der Waals surface area contributed by atoms with Crippen LogP contribution in [0.3, 0.4) is 0 Å². The molecule has 0 bridgehead atoms. The molecule has 1 aliphatic carbocycles. The summed E-state index contributed by atoms with van der Waals surface area (Å²) in [6.07, 6.45) is 4.31. The molecule has 4 nitrogen and oxygen atoms in total. The highest BCUT2D eigenvalue weighted by atomic mass is 16.2. The molecule has 114 valence electrons. The number of rotatable bonds is 5. The van der Waals surface area contributed by atoms with Gasteiger partial charge in [0.1, 0.15) is 6.04 Å². The second-order valence-corrected chi connectivity index (χ2v) is 5.86. The molecule has 1 fully saturated rings. The lowest BCUT2D eigenvalue weighted by Crippen LogP contribution is -2.50. The van der Waals surface area contributed by atoms with E-state index in [1.807, 2.05) is 37.3 Å². The van der Waals surface area contributed by atoms with E-state index in [0.29, 0.717) is 0 Å². The average molecular weight is 288 g/mol. The van der Waals surface area contributed by atoms with Crippen LogP contribution in [-0.2, 0) is 9.59 Å². The average Bonchev–Trinajstić information content (AvgIpc) is 2.99. The molecule has 2 N–H and O–H groups in total. The van der Waals surface area contributed by atoms with Crippen LogP contribution in [0.5, 0.6) is 0 Å². The van der Waals surface area contributed by atoms with Crippen LogP contribution in [-0.4, -0.2) is 17.9 Å². The maximum Gasteiger partial charge on any atom is 0.243 e. The predicted octanol–water partition coefficient (Wildman–Crippen LogP) is 2.56. The first-order valence-electron chi connectivity index (χ1n) is 7.70. The molecule has 1 saturated carbocycles. The zero-order valence-electron chi connectivity index (χ0n) is 12.8. The highest BCUT2D eigenvalue weighted by Gasteiger charge is 2.31. The van der Waals surface area contributed by atoms with Crippen molar-refractivity contribution in [3.63, 3.8) is 0 Å². The van der Waals surface area contributed by atoms with Gasteiger partial charge in [-0.25, -0.2) is 0 Å². The van der Waals surface area contributed by atoms with Gasteiger partial charge in [-0.05, 0) is 31.2 Å². The fourth-order valence-corrected chi connectivity index (χ4v) is 3.04. The monoisotopic (exact) mass is 288 g/mol. The fourth-order valence-electron chi connectivity index (χ4n) is 3.04. The molecule has 0 aliphatic heterocycles. The van der Waals surface area contributed by atoms with Gasteiger partial charge < -0.3 is 10.6 Å². The molecule has 2 amide bonds. The number of benzene rings is 1. The van der Waals surface area contributed by atoms with Gasteiger partial charge in [-0.2, -0.15) is 0 Å². The molecule has 1 aliphatic rings. The molecule has 21 heavy (non-hydrogen) atoms. The molecule has 1 aromatic rings. The maximum absolute atomic E-state index is 12.5. The zero-order valence-corrected chi connectivity index (χ0v) is 12.8. The third-order valence-electron chi connectivity index (χ3n) is 4.17. The first-order chi connectivity index (χ1) is 10.1. The molecule has 1 aromatic carbocycles. The van der Waals surface area contributed by atoms with Crippen molar-refractivity contribution in [2.45, 2.75) is 51.6 Å². The molecule has 0 aromatic heterocycles. The van der Waals surface area contributed by atoms with Gasteiger partial charge in [0, 0.05) is 6.92 Å². The maximum atomic E-state index is 12.5. The van der Waals surface area contributed by atoms with Crippen molar-refractivity contribution in [2.75, 3.05) is 0 Å². The van der Waals surface area contributed by atoms with Crippen LogP contribution in [0.25, 0.3) is 0 Å². The van der Waals surface area contributed by atoms with Gasteiger partial charge in [-0.15, -0.1) is 0 Å². The first kappa shape index (κ1) is 15.5. The second-order valence-electron chi connectivity index (χ2n) is 5.86. The van der Waals surface area contributed by atoms with Gasteiger partial charge in [-0.1, -0.05) is 43.2 Å². The van der Waals surface area contributed by atoms with E-state index in [-0.39, 0.29) is 23.8 Å². The molecule has 2 atom stereocenters. The summed E-state index contributed by atoms with van der Waals surface area (Å²) < 4.78 is 0. The van der Waals surface area contributed by atoms with Gasteiger partial charge in [0.05, 0.1) is 6.04 Å². The Hall–Kier alpha value is -1.84. The van der Waals surface area contributed by atoms with E-state index < -0.39 is 6.04 Å². The van der Waals surface area contributed by atoms with Crippen molar-refractivity contribution < 1.29 is 9.59 Å². The minimum absolute atomic E-state index is 0.0589. The molecule has 0 radical (unpaired) electrons. The third-order valence-corrected chi connectivity index (χ3v) is 4.17. The van der Waals surface area contributed by atoms with Crippen molar-refractivity contribution in [2.24, 2.45) is 5.92 Å². The highest BCUT2D eigenvalue weighted by Crippen LogP contribution is 2.28. The SMILES string of the molecule is CC(=O)N[C@@H](C(=O)N[C@H](C)c1ccccc1)C1CCCC1. The van der Waals surface area contributed by atoms with Crippen molar-refractivity contribution >= 4 is 11.8 Å². The Bertz CT molecular complexity index is 481. The van der Waals surface area contributed by atoms with Gasteiger partial charge in [0.25, 0.3) is 0 Å². The van der Waals surface area contributed by atoms with Crippen LogP contribution in [0.4, 0.5) is 0 Å². The van der Waals surface area contributed by atoms with Crippen LogP contribution in [0, 0.1) is 5.92 Å². The van der Waals surface area contributed by atoms with Crippen LogP contribution in [0.1, 0.15) is 51.1 Å². The van der Waals surface area contributed by atoms with E-state index in [4.69, 9.17) is 0 Å². The fraction of sp³-hybridized carbons (Fsp3) is 0.529. The van der Waals surface area contributed by atoms with E-state index in [1.54, 1.807) is 0 Å². The van der Waals surface area contributed by atoms with Crippen molar-refractivity contribution in [1.82, 2.24) is 10.6 Å². The quantitative estimate of drug-likeness (QED) is 0.875. The summed E-state index contributed by atoms with van der Waals surface area (Å²) >= 11 is 0. The van der Waals surface area contributed by atoms with E-state index in [9.17, 15) is 9.59 Å². The zero-order chi connectivity index (χ0) is 15.2. The van der Waals surface area contributed by atoms with Gasteiger partial charge in [-0.3, -0.25) is 9.59 Å². The van der Waals surface area contributed by atoms with Gasteiger partial charge in [0.2, 0.25) is 11.8 Å². The van der Waals surface area contributed by atoms with Crippen molar-refractivity contribution in [1.29, 1.82) is 0 Å². The Balaban J connectivity index is 2.02. The lowest BCUT2D eigenvalue weighted by molar-refractivity contribution is -0.129. The minimum Gasteiger partial charge on any atom is -0.348 e. The number of hydrogen-bond donors (Lipinski definition) is 2. The summed E-state index contributed by atoms with van der Waals surface area (Å²) in [5.74, 6) is 0.0414. The molecule has 0 heterocycles. The van der Waals surface area contributed by atoms with Crippen LogP contribution in [0.15, 0.2) is 30.3 Å². The van der Waals surface area contributed by atoms with Crippen LogP contribution >= 0.6 is 0 Å². The lowest BCUT2D eigenvalue weighted by Gasteiger charge is -2.25. The summed E-state index contributed by atoms with van der Waals surface area (Å²) in [6, 6.07) is 9.39. The third kappa shape index (κ3) is 4.31. The topological polar surface area (TPSA) is 58.2 Å². The van der Waals surface area contributed by atoms with Crippen molar-refractivity contribution in [3.8, 4) is 0 Å². The van der Waals surface area contributed by atoms with Crippen LogP contribution < -0.4 is 10.6 Å². The minimum atomic E-state index is -0.406. The Labute approximate surface area is 126 Å². The molecular weight excluding hydrogens is 264 g/mol. The largest absolute Gasteiger partial charge is 0.348 e. The predicted molar refractivity (Wildman–Crippen MR) is 82.6 cm³/mol. The standard InChI is InChI=1S/C17H24N2O2/c1-12(14-8-4-3-5-9-14)18-17(21)16(19-13(2)20)15-10-6-7-11-15/h3-5,8-9,12,15-16H,6-7,10-11H2,1-2H3,(H,18,21)(H,19,20)/t12-,16-/m1/s1. The number of hydrogen-bond acceptors (Lipinski definition) is 2. The van der Waals surface area contributed by atoms with E-state index in [2.05, 4.69) is 10.6 Å². The molecule has 4 heteroatoms. The Kier molecular flexibility index (Phi) is 5.37. The van der Waals surface area contributed by atoms with Gasteiger partial charge in [0.15, 0.2) is 0 Å². The number of nitrogens with one attached hydrogen (secondary N) is 2. The summed E-state index contributed by atoms with van der Waals surface area (Å²) in [7, 11) is 0. The summed E-state index contributed by atoms with van der Waals surface area (Å²) in [5.41, 5.74) is 1.07. The first-order valence-corrected chi connectivity index (χ1v) is 7.70. The lowest BCUT2D eigenvalue weighted by atomic mass is 9.96. The molecule has 0 unspecified atom stereocenters.